The molecule has 0 aliphatic carbocycles. The summed E-state index contributed by atoms with van der Waals surface area (Å²) in [6.07, 6.45) is 5.21. The van der Waals surface area contributed by atoms with Crippen LogP contribution in [0.15, 0.2) is 36.9 Å². The van der Waals surface area contributed by atoms with Crippen molar-refractivity contribution in [1.82, 2.24) is 15.3 Å². The predicted molar refractivity (Wildman–Crippen MR) is 75.3 cm³/mol. The lowest BCUT2D eigenvalue weighted by Crippen LogP contribution is -2.22. The number of nitrogens with one attached hydrogen (secondary N) is 1. The number of ether oxygens (including phenoxy) is 1. The quantitative estimate of drug-likeness (QED) is 0.894. The molecule has 19 heavy (non-hydrogen) atoms. The van der Waals surface area contributed by atoms with Crippen LogP contribution < -0.4 is 10.1 Å². The molecular weight excluding hydrogens is 238 g/mol. The summed E-state index contributed by atoms with van der Waals surface area (Å²) in [6, 6.07) is 6.27. The highest BCUT2D eigenvalue weighted by atomic mass is 16.5. The van der Waals surface area contributed by atoms with E-state index >= 15 is 0 Å². The van der Waals surface area contributed by atoms with Crippen LogP contribution >= 0.6 is 0 Å². The van der Waals surface area contributed by atoms with Crippen LogP contribution in [0.2, 0.25) is 0 Å². The van der Waals surface area contributed by atoms with Crippen molar-refractivity contribution in [3.63, 3.8) is 0 Å². The molecule has 0 saturated heterocycles. The first-order valence-electron chi connectivity index (χ1n) is 6.39. The summed E-state index contributed by atoms with van der Waals surface area (Å²) in [5, 5.41) is 3.45. The molecule has 1 heterocycles. The summed E-state index contributed by atoms with van der Waals surface area (Å²) >= 11 is 0. The molecule has 4 nitrogen and oxygen atoms in total. The second kappa shape index (κ2) is 6.29. The van der Waals surface area contributed by atoms with Gasteiger partial charge < -0.3 is 10.1 Å². The molecule has 1 unspecified atom stereocenters. The van der Waals surface area contributed by atoms with Gasteiger partial charge in [0, 0.05) is 23.5 Å². The molecule has 0 saturated carbocycles. The summed E-state index contributed by atoms with van der Waals surface area (Å²) in [7, 11) is 1.70. The van der Waals surface area contributed by atoms with E-state index in [0.29, 0.717) is 0 Å². The number of nitrogens with zero attached hydrogens (tertiary/aromatic N) is 2. The van der Waals surface area contributed by atoms with Gasteiger partial charge in [0.05, 0.1) is 13.2 Å². The summed E-state index contributed by atoms with van der Waals surface area (Å²) in [4.78, 5) is 8.19. The highest BCUT2D eigenvalue weighted by Gasteiger charge is 2.17. The normalized spacial score (nSPS) is 12.2. The van der Waals surface area contributed by atoms with Gasteiger partial charge in [0.2, 0.25) is 0 Å². The molecule has 0 spiro atoms. The number of hydrogen-bond acceptors (Lipinski definition) is 4. The van der Waals surface area contributed by atoms with Crippen LogP contribution in [0.4, 0.5) is 0 Å². The van der Waals surface area contributed by atoms with Gasteiger partial charge in [0.15, 0.2) is 0 Å². The molecule has 2 aromatic rings. The van der Waals surface area contributed by atoms with Crippen LogP contribution in [0.1, 0.15) is 29.7 Å². The minimum Gasteiger partial charge on any atom is -0.496 e. The summed E-state index contributed by atoms with van der Waals surface area (Å²) in [6.45, 7) is 4.99. The van der Waals surface area contributed by atoms with Crippen molar-refractivity contribution in [2.45, 2.75) is 19.9 Å². The molecule has 0 radical (unpaired) electrons. The SMILES string of the molecule is CCNC(c1cncnc1)c1ccc(C)cc1OC. The lowest BCUT2D eigenvalue weighted by Gasteiger charge is -2.21. The van der Waals surface area contributed by atoms with E-state index in [0.717, 1.165) is 23.4 Å². The Morgan fingerprint density at radius 1 is 1.26 bits per heavy atom. The number of methoxy groups -OCH3 is 1. The highest BCUT2D eigenvalue weighted by molar-refractivity contribution is 5.43. The molecule has 0 aliphatic rings. The van der Waals surface area contributed by atoms with Gasteiger partial charge in [-0.05, 0) is 25.1 Å². The van der Waals surface area contributed by atoms with Crippen molar-refractivity contribution in [3.8, 4) is 5.75 Å². The lowest BCUT2D eigenvalue weighted by atomic mass is 9.99. The minimum absolute atomic E-state index is 0.0433. The van der Waals surface area contributed by atoms with E-state index in [4.69, 9.17) is 4.74 Å². The second-order valence-corrected chi connectivity index (χ2v) is 4.41. The molecule has 1 atom stereocenters. The fourth-order valence-corrected chi connectivity index (χ4v) is 2.13. The summed E-state index contributed by atoms with van der Waals surface area (Å²) in [5.74, 6) is 0.884. The molecule has 0 bridgehead atoms. The molecule has 100 valence electrons. The summed E-state index contributed by atoms with van der Waals surface area (Å²) < 4.78 is 5.49. The Hall–Kier alpha value is -1.94. The van der Waals surface area contributed by atoms with Crippen molar-refractivity contribution in [2.75, 3.05) is 13.7 Å². The molecule has 2 rings (SSSR count). The zero-order chi connectivity index (χ0) is 13.7. The monoisotopic (exact) mass is 257 g/mol. The Kier molecular flexibility index (Phi) is 4.47. The van der Waals surface area contributed by atoms with Crippen molar-refractivity contribution < 1.29 is 4.74 Å². The van der Waals surface area contributed by atoms with Crippen LogP contribution in [0.25, 0.3) is 0 Å². The van der Waals surface area contributed by atoms with Gasteiger partial charge in [-0.25, -0.2) is 9.97 Å². The number of hydrogen-bond donors (Lipinski definition) is 1. The highest BCUT2D eigenvalue weighted by Crippen LogP contribution is 2.30. The molecule has 1 aromatic carbocycles. The third-order valence-corrected chi connectivity index (χ3v) is 3.02. The largest absolute Gasteiger partial charge is 0.496 e. The van der Waals surface area contributed by atoms with E-state index in [2.05, 4.69) is 41.3 Å². The van der Waals surface area contributed by atoms with Crippen LogP contribution in [-0.2, 0) is 0 Å². The van der Waals surface area contributed by atoms with Crippen LogP contribution in [0.5, 0.6) is 5.75 Å². The predicted octanol–water partition coefficient (Wildman–Crippen LogP) is 2.49. The van der Waals surface area contributed by atoms with E-state index in [1.54, 1.807) is 13.4 Å². The number of aromatic nitrogens is 2. The van der Waals surface area contributed by atoms with Gasteiger partial charge in [-0.2, -0.15) is 0 Å². The van der Waals surface area contributed by atoms with Gasteiger partial charge in [-0.1, -0.05) is 19.1 Å². The third kappa shape index (κ3) is 3.09. The molecule has 4 heteroatoms. The molecule has 0 aliphatic heterocycles. The first-order chi connectivity index (χ1) is 9.26. The van der Waals surface area contributed by atoms with Gasteiger partial charge >= 0.3 is 0 Å². The van der Waals surface area contributed by atoms with Gasteiger partial charge in [-0.15, -0.1) is 0 Å². The van der Waals surface area contributed by atoms with Crippen molar-refractivity contribution in [1.29, 1.82) is 0 Å². The van der Waals surface area contributed by atoms with E-state index in [1.807, 2.05) is 18.5 Å². The first kappa shape index (κ1) is 13.5. The maximum atomic E-state index is 5.49. The number of aryl methyl sites for hydroxylation is 1. The molecule has 1 N–H and O–H groups in total. The second-order valence-electron chi connectivity index (χ2n) is 4.41. The Balaban J connectivity index is 2.45. The van der Waals surface area contributed by atoms with E-state index in [-0.39, 0.29) is 6.04 Å². The van der Waals surface area contributed by atoms with Crippen LogP contribution in [0.3, 0.4) is 0 Å². The summed E-state index contributed by atoms with van der Waals surface area (Å²) in [5.41, 5.74) is 3.32. The van der Waals surface area contributed by atoms with E-state index in [9.17, 15) is 0 Å². The Bertz CT molecular complexity index is 528. The Morgan fingerprint density at radius 2 is 2.00 bits per heavy atom. The lowest BCUT2D eigenvalue weighted by molar-refractivity contribution is 0.404. The van der Waals surface area contributed by atoms with Crippen LogP contribution in [0, 0.1) is 6.92 Å². The smallest absolute Gasteiger partial charge is 0.124 e. The van der Waals surface area contributed by atoms with Crippen molar-refractivity contribution in [2.24, 2.45) is 0 Å². The topological polar surface area (TPSA) is 47.0 Å². The average molecular weight is 257 g/mol. The van der Waals surface area contributed by atoms with Gasteiger partial charge in [-0.3, -0.25) is 0 Å². The third-order valence-electron chi connectivity index (χ3n) is 3.02. The zero-order valence-corrected chi connectivity index (χ0v) is 11.6. The fourth-order valence-electron chi connectivity index (χ4n) is 2.13. The van der Waals surface area contributed by atoms with Gasteiger partial charge in [0.1, 0.15) is 12.1 Å². The minimum atomic E-state index is 0.0433. The van der Waals surface area contributed by atoms with Crippen LogP contribution in [-0.4, -0.2) is 23.6 Å². The van der Waals surface area contributed by atoms with Gasteiger partial charge in [0.25, 0.3) is 0 Å². The Labute approximate surface area is 113 Å². The zero-order valence-electron chi connectivity index (χ0n) is 11.6. The van der Waals surface area contributed by atoms with E-state index < -0.39 is 0 Å². The molecule has 0 amide bonds. The maximum absolute atomic E-state index is 5.49. The average Bonchev–Trinajstić information content (AvgIpc) is 2.46. The number of benzene rings is 1. The van der Waals surface area contributed by atoms with Crippen molar-refractivity contribution >= 4 is 0 Å². The fraction of sp³-hybridized carbons (Fsp3) is 0.333. The molecule has 0 fully saturated rings. The Morgan fingerprint density at radius 3 is 2.63 bits per heavy atom. The standard InChI is InChI=1S/C15H19N3O/c1-4-18-15(12-8-16-10-17-9-12)13-6-5-11(2)7-14(13)19-3/h5-10,15,18H,4H2,1-3H3. The molecular formula is C15H19N3O. The first-order valence-corrected chi connectivity index (χ1v) is 6.39. The molecule has 1 aromatic heterocycles. The van der Waals surface area contributed by atoms with Crippen molar-refractivity contribution in [3.05, 3.63) is 53.6 Å². The van der Waals surface area contributed by atoms with E-state index in [1.165, 1.54) is 5.56 Å². The maximum Gasteiger partial charge on any atom is 0.124 e. The number of rotatable bonds is 5.